The minimum atomic E-state index is 0.148. The van der Waals surface area contributed by atoms with Crippen molar-refractivity contribution in [1.82, 2.24) is 15.1 Å². The number of likely N-dealkylation sites (tertiary alicyclic amines) is 1. The Morgan fingerprint density at radius 2 is 2.20 bits per heavy atom. The molecule has 0 unspecified atom stereocenters. The van der Waals surface area contributed by atoms with Gasteiger partial charge in [-0.15, -0.1) is 16.6 Å². The van der Waals surface area contributed by atoms with Crippen molar-refractivity contribution in [3.63, 3.8) is 0 Å². The number of terminal acetylenes is 1. The number of aromatic nitrogens is 2. The van der Waals surface area contributed by atoms with Gasteiger partial charge < -0.3 is 19.9 Å². The second-order valence-corrected chi connectivity index (χ2v) is 7.38. The number of hydrogen-bond acceptors (Lipinski definition) is 7. The number of rotatable bonds is 9. The third-order valence-electron chi connectivity index (χ3n) is 5.16. The average molecular weight is 411 g/mol. The summed E-state index contributed by atoms with van der Waals surface area (Å²) in [6.45, 7) is 7.46. The number of anilines is 1. The highest BCUT2D eigenvalue weighted by Crippen LogP contribution is 2.32. The Balaban J connectivity index is 1.77. The second kappa shape index (κ2) is 10.9. The van der Waals surface area contributed by atoms with E-state index in [-0.39, 0.29) is 13.4 Å². The van der Waals surface area contributed by atoms with Gasteiger partial charge in [-0.05, 0) is 63.1 Å². The minimum absolute atomic E-state index is 0.148. The summed E-state index contributed by atoms with van der Waals surface area (Å²) in [5.41, 5.74) is 3.31. The number of aliphatic hydroxyl groups excluding tert-OH is 1. The summed E-state index contributed by atoms with van der Waals surface area (Å²) in [6.07, 6.45) is 7.72. The highest BCUT2D eigenvalue weighted by molar-refractivity contribution is 5.71. The number of aliphatic hydroxyl groups is 1. The van der Waals surface area contributed by atoms with Gasteiger partial charge in [0.2, 0.25) is 0 Å². The standard InChI is InChI=1S/C23H30N4O3/c1-4-18-8-9-20(21(14-18)30-16-29-5-2)23-17(3)13-22(25-26-23)24-19-7-6-10-27(15-19)11-12-28/h1,8-9,13-14,19,28H,5-7,10-12,15-16H2,2-3H3,(H,24,25)/t19-/m1/s1. The molecule has 1 aliphatic rings. The highest BCUT2D eigenvalue weighted by atomic mass is 16.7. The van der Waals surface area contributed by atoms with Gasteiger partial charge in [0.25, 0.3) is 0 Å². The summed E-state index contributed by atoms with van der Waals surface area (Å²) < 4.78 is 11.1. The number of hydrogen-bond donors (Lipinski definition) is 2. The second-order valence-electron chi connectivity index (χ2n) is 7.38. The molecule has 1 saturated heterocycles. The van der Waals surface area contributed by atoms with Crippen LogP contribution < -0.4 is 10.1 Å². The third-order valence-corrected chi connectivity index (χ3v) is 5.16. The number of piperidine rings is 1. The largest absolute Gasteiger partial charge is 0.467 e. The summed E-state index contributed by atoms with van der Waals surface area (Å²) in [5.74, 6) is 4.01. The molecule has 30 heavy (non-hydrogen) atoms. The Morgan fingerprint density at radius 1 is 1.33 bits per heavy atom. The molecule has 0 radical (unpaired) electrons. The number of aryl methyl sites for hydroxylation is 1. The Hall–Kier alpha value is -2.66. The maximum absolute atomic E-state index is 9.18. The van der Waals surface area contributed by atoms with E-state index in [1.807, 2.05) is 38.1 Å². The van der Waals surface area contributed by atoms with Crippen LogP contribution >= 0.6 is 0 Å². The molecule has 2 aromatic rings. The fraction of sp³-hybridized carbons (Fsp3) is 0.478. The lowest BCUT2D eigenvalue weighted by molar-refractivity contribution is 0.0227. The SMILES string of the molecule is C#Cc1ccc(-c2nnc(N[C@@H]3CCCN(CCO)C3)cc2C)c(OCOCC)c1. The van der Waals surface area contributed by atoms with Crippen molar-refractivity contribution in [2.45, 2.75) is 32.7 Å². The molecule has 160 valence electrons. The van der Waals surface area contributed by atoms with E-state index in [9.17, 15) is 5.11 Å². The zero-order valence-corrected chi connectivity index (χ0v) is 17.7. The average Bonchev–Trinajstić information content (AvgIpc) is 2.75. The Kier molecular flexibility index (Phi) is 8.03. The number of β-amino-alcohol motifs (C(OH)–C–C–N with tert-alkyl or cyclic N) is 1. The lowest BCUT2D eigenvalue weighted by Crippen LogP contribution is -2.43. The molecule has 0 aliphatic carbocycles. The van der Waals surface area contributed by atoms with Gasteiger partial charge in [-0.3, -0.25) is 4.90 Å². The molecule has 1 atom stereocenters. The van der Waals surface area contributed by atoms with Gasteiger partial charge in [-0.25, -0.2) is 0 Å². The highest BCUT2D eigenvalue weighted by Gasteiger charge is 2.20. The number of nitrogens with zero attached hydrogens (tertiary/aromatic N) is 3. The van der Waals surface area contributed by atoms with Gasteiger partial charge in [0.15, 0.2) is 6.79 Å². The van der Waals surface area contributed by atoms with Gasteiger partial charge in [0, 0.05) is 36.9 Å². The van der Waals surface area contributed by atoms with E-state index in [1.54, 1.807) is 0 Å². The zero-order chi connectivity index (χ0) is 21.3. The first kappa shape index (κ1) is 22.0. The van der Waals surface area contributed by atoms with E-state index in [4.69, 9.17) is 15.9 Å². The first-order chi connectivity index (χ1) is 14.6. The van der Waals surface area contributed by atoms with E-state index >= 15 is 0 Å². The Labute approximate surface area is 178 Å². The van der Waals surface area contributed by atoms with Crippen molar-refractivity contribution in [3.8, 4) is 29.4 Å². The Morgan fingerprint density at radius 3 is 2.93 bits per heavy atom. The maximum Gasteiger partial charge on any atom is 0.189 e. The molecular weight excluding hydrogens is 380 g/mol. The van der Waals surface area contributed by atoms with Crippen LogP contribution in [-0.2, 0) is 4.74 Å². The van der Waals surface area contributed by atoms with E-state index in [0.717, 1.165) is 54.1 Å². The third kappa shape index (κ3) is 5.70. The molecule has 0 bridgehead atoms. The summed E-state index contributed by atoms with van der Waals surface area (Å²) in [6, 6.07) is 7.90. The number of benzene rings is 1. The smallest absolute Gasteiger partial charge is 0.189 e. The molecule has 0 spiro atoms. The lowest BCUT2D eigenvalue weighted by Gasteiger charge is -2.32. The quantitative estimate of drug-likeness (QED) is 0.374. The lowest BCUT2D eigenvalue weighted by atomic mass is 10.0. The van der Waals surface area contributed by atoms with Crippen molar-refractivity contribution in [3.05, 3.63) is 35.4 Å². The van der Waals surface area contributed by atoms with Crippen molar-refractivity contribution in [2.75, 3.05) is 45.0 Å². The van der Waals surface area contributed by atoms with E-state index in [2.05, 4.69) is 26.3 Å². The van der Waals surface area contributed by atoms with Gasteiger partial charge in [0.05, 0.1) is 12.3 Å². The van der Waals surface area contributed by atoms with E-state index in [0.29, 0.717) is 24.9 Å². The van der Waals surface area contributed by atoms with Crippen molar-refractivity contribution >= 4 is 5.82 Å². The Bertz CT molecular complexity index is 879. The maximum atomic E-state index is 9.18. The molecular formula is C23H30N4O3. The normalized spacial score (nSPS) is 16.8. The van der Waals surface area contributed by atoms with Crippen LogP contribution in [0.25, 0.3) is 11.3 Å². The van der Waals surface area contributed by atoms with Crippen LogP contribution in [0.3, 0.4) is 0 Å². The molecule has 1 aromatic heterocycles. The molecule has 2 heterocycles. The molecule has 1 aromatic carbocycles. The fourth-order valence-corrected chi connectivity index (χ4v) is 3.66. The minimum Gasteiger partial charge on any atom is -0.467 e. The van der Waals surface area contributed by atoms with Crippen molar-refractivity contribution in [1.29, 1.82) is 0 Å². The monoisotopic (exact) mass is 410 g/mol. The molecule has 2 N–H and O–H groups in total. The van der Waals surface area contributed by atoms with Gasteiger partial charge in [-0.2, -0.15) is 0 Å². The van der Waals surface area contributed by atoms with Gasteiger partial charge in [0.1, 0.15) is 11.6 Å². The number of nitrogens with one attached hydrogen (secondary N) is 1. The van der Waals surface area contributed by atoms with Crippen LogP contribution in [0.1, 0.15) is 30.9 Å². The first-order valence-electron chi connectivity index (χ1n) is 10.4. The van der Waals surface area contributed by atoms with Crippen LogP contribution in [0.4, 0.5) is 5.82 Å². The topological polar surface area (TPSA) is 79.7 Å². The predicted molar refractivity (Wildman–Crippen MR) is 117 cm³/mol. The van der Waals surface area contributed by atoms with E-state index < -0.39 is 0 Å². The summed E-state index contributed by atoms with van der Waals surface area (Å²) >= 11 is 0. The van der Waals surface area contributed by atoms with E-state index in [1.165, 1.54) is 0 Å². The van der Waals surface area contributed by atoms with Crippen molar-refractivity contribution < 1.29 is 14.6 Å². The predicted octanol–water partition coefficient (Wildman–Crippen LogP) is 2.67. The number of ether oxygens (including phenoxy) is 2. The van der Waals surface area contributed by atoms with Crippen LogP contribution in [-0.4, -0.2) is 65.9 Å². The van der Waals surface area contributed by atoms with Crippen LogP contribution in [0.2, 0.25) is 0 Å². The van der Waals surface area contributed by atoms with Crippen LogP contribution in [0.15, 0.2) is 24.3 Å². The summed E-state index contributed by atoms with van der Waals surface area (Å²) in [4.78, 5) is 2.27. The zero-order valence-electron chi connectivity index (χ0n) is 17.7. The van der Waals surface area contributed by atoms with Crippen molar-refractivity contribution in [2.24, 2.45) is 0 Å². The fourth-order valence-electron chi connectivity index (χ4n) is 3.66. The van der Waals surface area contributed by atoms with Gasteiger partial charge in [-0.1, -0.05) is 5.92 Å². The molecule has 3 rings (SSSR count). The molecule has 1 fully saturated rings. The molecule has 7 nitrogen and oxygen atoms in total. The van der Waals surface area contributed by atoms with Crippen LogP contribution in [0, 0.1) is 19.3 Å². The summed E-state index contributed by atoms with van der Waals surface area (Å²) in [5, 5.41) is 21.5. The molecule has 1 aliphatic heterocycles. The molecule has 0 saturated carbocycles. The summed E-state index contributed by atoms with van der Waals surface area (Å²) in [7, 11) is 0. The van der Waals surface area contributed by atoms with Gasteiger partial charge >= 0.3 is 0 Å². The molecule has 7 heteroatoms. The molecule has 0 amide bonds. The first-order valence-corrected chi connectivity index (χ1v) is 10.4. The van der Waals surface area contributed by atoms with Crippen LogP contribution in [0.5, 0.6) is 5.75 Å².